The summed E-state index contributed by atoms with van der Waals surface area (Å²) in [5.74, 6) is 0.766. The number of nitrogens with zero attached hydrogens (tertiary/aromatic N) is 3. The molecule has 0 saturated heterocycles. The third kappa shape index (κ3) is 3.88. The second-order valence-corrected chi connectivity index (χ2v) is 5.85. The van der Waals surface area contributed by atoms with Crippen LogP contribution in [0.4, 0.5) is 0 Å². The van der Waals surface area contributed by atoms with Gasteiger partial charge in [-0.05, 0) is 29.3 Å². The second kappa shape index (κ2) is 7.66. The highest BCUT2D eigenvalue weighted by molar-refractivity contribution is 5.83. The summed E-state index contributed by atoms with van der Waals surface area (Å²) in [5, 5.41) is 4.28. The maximum Gasteiger partial charge on any atom is 0.252 e. The number of rotatable bonds is 6. The van der Waals surface area contributed by atoms with Crippen molar-refractivity contribution in [2.45, 2.75) is 12.6 Å². The van der Waals surface area contributed by atoms with E-state index in [4.69, 9.17) is 4.74 Å². The number of benzene rings is 2. The Morgan fingerprint density at radius 2 is 1.96 bits per heavy atom. The predicted molar refractivity (Wildman–Crippen MR) is 96.3 cm³/mol. The number of carbonyl (C=O) groups excluding carboxylic acids is 1. The molecule has 1 atom stereocenters. The van der Waals surface area contributed by atoms with Crippen molar-refractivity contribution in [2.24, 2.45) is 0 Å². The van der Waals surface area contributed by atoms with Gasteiger partial charge in [0.1, 0.15) is 5.75 Å². The van der Waals surface area contributed by atoms with Gasteiger partial charge in [0, 0.05) is 26.0 Å². The molecule has 5 heteroatoms. The van der Waals surface area contributed by atoms with Crippen LogP contribution in [0.15, 0.2) is 73.1 Å². The molecule has 1 heterocycles. The highest BCUT2D eigenvalue weighted by Crippen LogP contribution is 2.21. The monoisotopic (exact) mass is 335 g/mol. The molecule has 0 aliphatic carbocycles. The fraction of sp³-hybridized carbons (Fsp3) is 0.200. The smallest absolute Gasteiger partial charge is 0.252 e. The van der Waals surface area contributed by atoms with Crippen LogP contribution in [-0.4, -0.2) is 34.7 Å². The molecule has 1 amide bonds. The Kier molecular flexibility index (Phi) is 5.14. The van der Waals surface area contributed by atoms with Crippen molar-refractivity contribution in [1.29, 1.82) is 0 Å². The Bertz CT molecular complexity index is 816. The Labute approximate surface area is 147 Å². The number of aromatic nitrogens is 2. The topological polar surface area (TPSA) is 47.4 Å². The molecule has 128 valence electrons. The van der Waals surface area contributed by atoms with Crippen LogP contribution in [0.2, 0.25) is 0 Å². The molecule has 3 aromatic rings. The van der Waals surface area contributed by atoms with E-state index in [1.54, 1.807) is 29.9 Å². The first-order valence-corrected chi connectivity index (χ1v) is 8.11. The zero-order chi connectivity index (χ0) is 17.6. The summed E-state index contributed by atoms with van der Waals surface area (Å²) in [6.45, 7) is 0.501. The lowest BCUT2D eigenvalue weighted by Gasteiger charge is -2.24. The van der Waals surface area contributed by atoms with Crippen molar-refractivity contribution in [3.63, 3.8) is 0 Å². The summed E-state index contributed by atoms with van der Waals surface area (Å²) in [5.41, 5.74) is 1.93. The summed E-state index contributed by atoms with van der Waals surface area (Å²) in [7, 11) is 3.44. The van der Waals surface area contributed by atoms with Gasteiger partial charge in [0.25, 0.3) is 5.91 Å². The number of likely N-dealkylation sites (N-methyl/N-ethyl adjacent to an activating group) is 1. The zero-order valence-electron chi connectivity index (χ0n) is 14.4. The minimum absolute atomic E-state index is 0.0160. The molecule has 0 bridgehead atoms. The van der Waals surface area contributed by atoms with Crippen molar-refractivity contribution in [2.75, 3.05) is 14.2 Å². The molecule has 0 radical (unpaired) electrons. The molecular formula is C20H21N3O2. The van der Waals surface area contributed by atoms with Crippen LogP contribution in [0.5, 0.6) is 5.75 Å². The molecule has 0 spiro atoms. The minimum Gasteiger partial charge on any atom is -0.497 e. The van der Waals surface area contributed by atoms with E-state index in [2.05, 4.69) is 5.10 Å². The van der Waals surface area contributed by atoms with Gasteiger partial charge in [-0.3, -0.25) is 9.48 Å². The van der Waals surface area contributed by atoms with Gasteiger partial charge in [0.15, 0.2) is 6.04 Å². The van der Waals surface area contributed by atoms with Crippen LogP contribution in [0, 0.1) is 0 Å². The van der Waals surface area contributed by atoms with Crippen LogP contribution in [0.25, 0.3) is 0 Å². The van der Waals surface area contributed by atoms with E-state index in [-0.39, 0.29) is 5.91 Å². The van der Waals surface area contributed by atoms with Crippen molar-refractivity contribution >= 4 is 5.91 Å². The third-order valence-electron chi connectivity index (χ3n) is 4.07. The summed E-state index contributed by atoms with van der Waals surface area (Å²) < 4.78 is 6.95. The lowest BCUT2D eigenvalue weighted by atomic mass is 10.1. The van der Waals surface area contributed by atoms with Crippen LogP contribution < -0.4 is 4.74 Å². The van der Waals surface area contributed by atoms with Gasteiger partial charge in [0.2, 0.25) is 0 Å². The molecular weight excluding hydrogens is 314 g/mol. The van der Waals surface area contributed by atoms with Gasteiger partial charge in [-0.2, -0.15) is 5.10 Å². The van der Waals surface area contributed by atoms with Crippen molar-refractivity contribution in [3.8, 4) is 5.75 Å². The first-order chi connectivity index (χ1) is 12.2. The number of amides is 1. The molecule has 0 unspecified atom stereocenters. The lowest BCUT2D eigenvalue weighted by molar-refractivity contribution is -0.133. The van der Waals surface area contributed by atoms with Crippen LogP contribution >= 0.6 is 0 Å². The largest absolute Gasteiger partial charge is 0.497 e. The Morgan fingerprint density at radius 3 is 2.64 bits per heavy atom. The number of carbonyl (C=O) groups is 1. The predicted octanol–water partition coefficient (Wildman–Crippen LogP) is 3.14. The standard InChI is InChI=1S/C20H21N3O2/c1-22(15-16-8-6-11-18(14-16)25-2)20(24)19(23-13-7-12-21-23)17-9-4-3-5-10-17/h3-14,19H,15H2,1-2H3/t19-/m0/s1. The van der Waals surface area contributed by atoms with E-state index in [9.17, 15) is 4.79 Å². The fourth-order valence-corrected chi connectivity index (χ4v) is 2.81. The first kappa shape index (κ1) is 16.8. The number of ether oxygens (including phenoxy) is 1. The average molecular weight is 335 g/mol. The summed E-state index contributed by atoms with van der Waals surface area (Å²) in [4.78, 5) is 14.9. The van der Waals surface area contributed by atoms with Gasteiger partial charge in [0.05, 0.1) is 7.11 Å². The molecule has 25 heavy (non-hydrogen) atoms. The maximum atomic E-state index is 13.1. The zero-order valence-corrected chi connectivity index (χ0v) is 14.4. The molecule has 0 saturated carbocycles. The van der Waals surface area contributed by atoms with E-state index in [0.29, 0.717) is 6.54 Å². The van der Waals surface area contributed by atoms with E-state index in [0.717, 1.165) is 16.9 Å². The van der Waals surface area contributed by atoms with E-state index in [1.807, 2.05) is 66.9 Å². The molecule has 0 aliphatic rings. The van der Waals surface area contributed by atoms with E-state index >= 15 is 0 Å². The van der Waals surface area contributed by atoms with E-state index in [1.165, 1.54) is 0 Å². The molecule has 0 aliphatic heterocycles. The van der Waals surface area contributed by atoms with Gasteiger partial charge in [-0.15, -0.1) is 0 Å². The Balaban J connectivity index is 1.84. The third-order valence-corrected chi connectivity index (χ3v) is 4.07. The highest BCUT2D eigenvalue weighted by Gasteiger charge is 2.26. The normalized spacial score (nSPS) is 11.8. The van der Waals surface area contributed by atoms with Crippen LogP contribution in [0.3, 0.4) is 0 Å². The molecule has 3 rings (SSSR count). The molecule has 0 fully saturated rings. The molecule has 5 nitrogen and oxygen atoms in total. The Morgan fingerprint density at radius 1 is 1.16 bits per heavy atom. The van der Waals surface area contributed by atoms with Gasteiger partial charge < -0.3 is 9.64 Å². The quantitative estimate of drug-likeness (QED) is 0.695. The van der Waals surface area contributed by atoms with Crippen LogP contribution in [0.1, 0.15) is 17.2 Å². The summed E-state index contributed by atoms with van der Waals surface area (Å²) in [6.07, 6.45) is 3.50. The van der Waals surface area contributed by atoms with Crippen molar-refractivity contribution in [1.82, 2.24) is 14.7 Å². The van der Waals surface area contributed by atoms with Gasteiger partial charge in [-0.25, -0.2) is 0 Å². The summed E-state index contributed by atoms with van der Waals surface area (Å²) in [6, 6.07) is 18.8. The molecule has 2 aromatic carbocycles. The Hall–Kier alpha value is -3.08. The van der Waals surface area contributed by atoms with E-state index < -0.39 is 6.04 Å². The number of methoxy groups -OCH3 is 1. The fourth-order valence-electron chi connectivity index (χ4n) is 2.81. The van der Waals surface area contributed by atoms with Crippen molar-refractivity contribution in [3.05, 3.63) is 84.2 Å². The average Bonchev–Trinajstić information content (AvgIpc) is 3.17. The lowest BCUT2D eigenvalue weighted by Crippen LogP contribution is -2.35. The van der Waals surface area contributed by atoms with Gasteiger partial charge in [-0.1, -0.05) is 42.5 Å². The van der Waals surface area contributed by atoms with Crippen molar-refractivity contribution < 1.29 is 9.53 Å². The molecule has 0 N–H and O–H groups in total. The SMILES string of the molecule is COc1cccc(CN(C)C(=O)[C@H](c2ccccc2)n2cccn2)c1. The highest BCUT2D eigenvalue weighted by atomic mass is 16.5. The van der Waals surface area contributed by atoms with Gasteiger partial charge >= 0.3 is 0 Å². The number of hydrogen-bond donors (Lipinski definition) is 0. The minimum atomic E-state index is -0.480. The first-order valence-electron chi connectivity index (χ1n) is 8.11. The number of hydrogen-bond acceptors (Lipinski definition) is 3. The maximum absolute atomic E-state index is 13.1. The second-order valence-electron chi connectivity index (χ2n) is 5.85. The van der Waals surface area contributed by atoms with Crippen LogP contribution in [-0.2, 0) is 11.3 Å². The summed E-state index contributed by atoms with van der Waals surface area (Å²) >= 11 is 0. The molecule has 1 aromatic heterocycles.